The Morgan fingerprint density at radius 3 is 2.55 bits per heavy atom. The minimum absolute atomic E-state index is 0.0544. The number of carbonyl (C=O) groups excluding carboxylic acids is 3. The second kappa shape index (κ2) is 11.4. The van der Waals surface area contributed by atoms with E-state index in [9.17, 15) is 14.4 Å². The highest BCUT2D eigenvalue weighted by Crippen LogP contribution is 2.45. The van der Waals surface area contributed by atoms with Crippen LogP contribution in [0.2, 0.25) is 0 Å². The zero-order chi connectivity index (χ0) is 27.6. The Hall–Kier alpha value is -3.61. The van der Waals surface area contributed by atoms with Gasteiger partial charge in [-0.2, -0.15) is 0 Å². The van der Waals surface area contributed by atoms with Gasteiger partial charge in [0, 0.05) is 18.9 Å². The van der Waals surface area contributed by atoms with Crippen molar-refractivity contribution in [2.45, 2.75) is 65.1 Å². The second-order valence-electron chi connectivity index (χ2n) is 10.4. The van der Waals surface area contributed by atoms with Crippen LogP contribution in [0.3, 0.4) is 0 Å². The second-order valence-corrected chi connectivity index (χ2v) is 10.4. The van der Waals surface area contributed by atoms with Crippen molar-refractivity contribution in [1.82, 2.24) is 0 Å². The third-order valence-electron chi connectivity index (χ3n) is 7.74. The van der Waals surface area contributed by atoms with E-state index in [1.54, 1.807) is 7.11 Å². The summed E-state index contributed by atoms with van der Waals surface area (Å²) in [5, 5.41) is 2.02. The molecule has 2 aliphatic rings. The molecule has 2 aromatic rings. The van der Waals surface area contributed by atoms with Crippen LogP contribution in [0.25, 0.3) is 10.8 Å². The van der Waals surface area contributed by atoms with E-state index in [-0.39, 0.29) is 17.9 Å². The monoisotopic (exact) mass is 520 g/mol. The highest BCUT2D eigenvalue weighted by atomic mass is 16.6. The lowest BCUT2D eigenvalue weighted by atomic mass is 9.73. The maximum Gasteiger partial charge on any atom is 0.334 e. The summed E-state index contributed by atoms with van der Waals surface area (Å²) < 4.78 is 22.2. The number of hydrogen-bond donors (Lipinski definition) is 0. The minimum Gasteiger partial charge on any atom is -0.497 e. The molecule has 0 bridgehead atoms. The van der Waals surface area contributed by atoms with Crippen molar-refractivity contribution in [3.8, 4) is 5.75 Å². The van der Waals surface area contributed by atoms with E-state index < -0.39 is 30.0 Å². The molecule has 0 saturated carbocycles. The molecular formula is C31H36O7. The van der Waals surface area contributed by atoms with Gasteiger partial charge < -0.3 is 18.9 Å². The Labute approximate surface area is 223 Å². The van der Waals surface area contributed by atoms with Gasteiger partial charge in [0.2, 0.25) is 0 Å². The van der Waals surface area contributed by atoms with E-state index in [1.165, 1.54) is 6.92 Å². The summed E-state index contributed by atoms with van der Waals surface area (Å²) in [6.45, 7) is 11.6. The van der Waals surface area contributed by atoms with E-state index in [2.05, 4.69) is 13.5 Å². The van der Waals surface area contributed by atoms with Crippen LogP contribution in [0.5, 0.6) is 5.75 Å². The van der Waals surface area contributed by atoms with Crippen LogP contribution < -0.4 is 4.74 Å². The normalized spacial score (nSPS) is 22.5. The average molecular weight is 521 g/mol. The number of ether oxygens (including phenoxy) is 4. The van der Waals surface area contributed by atoms with Crippen molar-refractivity contribution in [3.63, 3.8) is 0 Å². The Balaban J connectivity index is 1.57. The zero-order valence-electron chi connectivity index (χ0n) is 22.7. The molecule has 0 spiro atoms. The molecule has 5 atom stereocenters. The summed E-state index contributed by atoms with van der Waals surface area (Å²) in [5.74, 6) is -1.22. The minimum atomic E-state index is -0.643. The molecule has 7 heteroatoms. The predicted molar refractivity (Wildman–Crippen MR) is 144 cm³/mol. The highest BCUT2D eigenvalue weighted by Gasteiger charge is 2.50. The largest absolute Gasteiger partial charge is 0.497 e. The molecule has 1 aliphatic carbocycles. The summed E-state index contributed by atoms with van der Waals surface area (Å²) in [7, 11) is 1.63. The first-order valence-corrected chi connectivity index (χ1v) is 13.1. The molecule has 38 heavy (non-hydrogen) atoms. The van der Waals surface area contributed by atoms with Gasteiger partial charge in [0.15, 0.2) is 0 Å². The molecule has 0 amide bonds. The molecule has 202 valence electrons. The molecule has 1 aliphatic heterocycles. The summed E-state index contributed by atoms with van der Waals surface area (Å²) in [4.78, 5) is 37.1. The number of benzene rings is 2. The number of fused-ring (bicyclic) bond motifs is 2. The third kappa shape index (κ3) is 5.62. The van der Waals surface area contributed by atoms with Crippen molar-refractivity contribution in [3.05, 3.63) is 65.3 Å². The molecule has 1 saturated heterocycles. The smallest absolute Gasteiger partial charge is 0.334 e. The Morgan fingerprint density at radius 1 is 1.13 bits per heavy atom. The Bertz CT molecular complexity index is 1290. The molecule has 4 rings (SSSR count). The zero-order valence-corrected chi connectivity index (χ0v) is 22.7. The number of hydrogen-bond acceptors (Lipinski definition) is 7. The lowest BCUT2D eigenvalue weighted by Crippen LogP contribution is -2.41. The lowest BCUT2D eigenvalue weighted by molar-refractivity contribution is -0.153. The van der Waals surface area contributed by atoms with E-state index in [4.69, 9.17) is 18.9 Å². The van der Waals surface area contributed by atoms with Crippen LogP contribution >= 0.6 is 0 Å². The summed E-state index contributed by atoms with van der Waals surface area (Å²) in [6, 6.07) is 11.7. The van der Waals surface area contributed by atoms with E-state index in [0.29, 0.717) is 25.0 Å². The van der Waals surface area contributed by atoms with E-state index >= 15 is 0 Å². The van der Waals surface area contributed by atoms with Gasteiger partial charge in [0.1, 0.15) is 18.0 Å². The quantitative estimate of drug-likeness (QED) is 0.139. The summed E-state index contributed by atoms with van der Waals surface area (Å²) in [5.41, 5.74) is 3.24. The van der Waals surface area contributed by atoms with Crippen LogP contribution in [-0.4, -0.2) is 43.8 Å². The standard InChI is InChI=1S/C31H36O7/c1-17(8-7-13-36-21(5)32)27-18(2)14-26-28(20(4)31(34)37-26)29(27)38-30(33)19(3)22-9-10-24-16-25(35-6)12-11-23(24)15-22/h9-12,15-17,19,26,28-29H,4,7-8,13-14H2,1-3,5-6H3. The Morgan fingerprint density at radius 2 is 1.84 bits per heavy atom. The van der Waals surface area contributed by atoms with Crippen molar-refractivity contribution in [2.24, 2.45) is 11.8 Å². The molecule has 7 nitrogen and oxygen atoms in total. The SMILES string of the molecule is C=C1C(=O)OC2CC(C)=C(C(C)CCCOC(C)=O)C(OC(=O)C(C)c3ccc4cc(OC)ccc4c3)C12. The van der Waals surface area contributed by atoms with E-state index in [0.717, 1.165) is 39.7 Å². The Kier molecular flexibility index (Phi) is 8.24. The molecule has 1 fully saturated rings. The van der Waals surface area contributed by atoms with Gasteiger partial charge in [-0.05, 0) is 66.6 Å². The number of rotatable bonds is 9. The fourth-order valence-corrected chi connectivity index (χ4v) is 5.65. The van der Waals surface area contributed by atoms with E-state index in [1.807, 2.05) is 50.2 Å². The summed E-state index contributed by atoms with van der Waals surface area (Å²) >= 11 is 0. The predicted octanol–water partition coefficient (Wildman–Crippen LogP) is 5.66. The first-order valence-electron chi connectivity index (χ1n) is 13.1. The van der Waals surface area contributed by atoms with Crippen LogP contribution in [-0.2, 0) is 28.6 Å². The molecular weight excluding hydrogens is 484 g/mol. The molecule has 0 aromatic heterocycles. The van der Waals surface area contributed by atoms with Crippen molar-refractivity contribution in [1.29, 1.82) is 0 Å². The average Bonchev–Trinajstić information content (AvgIpc) is 3.17. The van der Waals surface area contributed by atoms with Gasteiger partial charge >= 0.3 is 17.9 Å². The molecule has 0 N–H and O–H groups in total. The first-order chi connectivity index (χ1) is 18.1. The topological polar surface area (TPSA) is 88.1 Å². The molecule has 0 radical (unpaired) electrons. The van der Waals surface area contributed by atoms with Gasteiger partial charge in [-0.1, -0.05) is 43.3 Å². The fourth-order valence-electron chi connectivity index (χ4n) is 5.65. The number of esters is 3. The van der Waals surface area contributed by atoms with Gasteiger partial charge in [0.25, 0.3) is 0 Å². The number of methoxy groups -OCH3 is 1. The van der Waals surface area contributed by atoms with Gasteiger partial charge in [-0.25, -0.2) is 4.79 Å². The highest BCUT2D eigenvalue weighted by molar-refractivity contribution is 5.91. The maximum atomic E-state index is 13.6. The molecule has 1 heterocycles. The van der Waals surface area contributed by atoms with Crippen LogP contribution in [0, 0.1) is 11.8 Å². The van der Waals surface area contributed by atoms with Gasteiger partial charge in [-0.3, -0.25) is 9.59 Å². The molecule has 2 aromatic carbocycles. The van der Waals surface area contributed by atoms with Gasteiger partial charge in [0.05, 0.1) is 25.6 Å². The lowest BCUT2D eigenvalue weighted by Gasteiger charge is -2.38. The molecule has 5 unspecified atom stereocenters. The fraction of sp³-hybridized carbons (Fsp3) is 0.452. The van der Waals surface area contributed by atoms with Crippen molar-refractivity contribution >= 4 is 28.7 Å². The summed E-state index contributed by atoms with van der Waals surface area (Å²) in [6.07, 6.45) is 0.973. The maximum absolute atomic E-state index is 13.6. The third-order valence-corrected chi connectivity index (χ3v) is 7.74. The van der Waals surface area contributed by atoms with Crippen LogP contribution in [0.1, 0.15) is 58.4 Å². The van der Waals surface area contributed by atoms with Crippen LogP contribution in [0.4, 0.5) is 0 Å². The van der Waals surface area contributed by atoms with Crippen molar-refractivity contribution in [2.75, 3.05) is 13.7 Å². The van der Waals surface area contributed by atoms with Gasteiger partial charge in [-0.15, -0.1) is 0 Å². The van der Waals surface area contributed by atoms with Crippen LogP contribution in [0.15, 0.2) is 59.7 Å². The number of carbonyl (C=O) groups is 3. The first kappa shape index (κ1) is 27.4. The van der Waals surface area contributed by atoms with Crippen molar-refractivity contribution < 1.29 is 33.3 Å².